The molecule has 4 nitrogen and oxygen atoms in total. The number of benzene rings is 1. The van der Waals surface area contributed by atoms with E-state index in [1.54, 1.807) is 19.1 Å². The molecule has 8 heteroatoms. The fourth-order valence-electron chi connectivity index (χ4n) is 2.93. The van der Waals surface area contributed by atoms with E-state index in [-0.39, 0.29) is 25.7 Å². The number of ether oxygens (including phenoxy) is 1. The molecule has 1 amide bonds. The van der Waals surface area contributed by atoms with Gasteiger partial charge in [0, 0.05) is 24.2 Å². The van der Waals surface area contributed by atoms with Gasteiger partial charge in [-0.2, -0.15) is 13.2 Å². The van der Waals surface area contributed by atoms with Gasteiger partial charge in [-0.25, -0.2) is 0 Å². The van der Waals surface area contributed by atoms with Crippen LogP contribution in [0.3, 0.4) is 0 Å². The first-order chi connectivity index (χ1) is 11.5. The van der Waals surface area contributed by atoms with E-state index in [1.165, 1.54) is 16.8 Å². The van der Waals surface area contributed by atoms with Gasteiger partial charge in [0.05, 0.1) is 0 Å². The van der Waals surface area contributed by atoms with Gasteiger partial charge in [0.2, 0.25) is 0 Å². The smallest absolute Gasteiger partial charge is 0.405 e. The third-order valence-corrected chi connectivity index (χ3v) is 5.16. The van der Waals surface area contributed by atoms with E-state index < -0.39 is 18.1 Å². The molecule has 2 atom stereocenters. The third-order valence-electron chi connectivity index (χ3n) is 4.57. The molecule has 1 fully saturated rings. The largest absolute Gasteiger partial charge is 0.484 e. The Morgan fingerprint density at radius 2 is 1.84 bits per heavy atom. The second kappa shape index (κ2) is 7.41. The van der Waals surface area contributed by atoms with Crippen LogP contribution in [0.15, 0.2) is 12.1 Å². The fourth-order valence-corrected chi connectivity index (χ4v) is 3.04. The summed E-state index contributed by atoms with van der Waals surface area (Å²) in [5.74, 6) is 0.0155. The number of piperazine rings is 1. The lowest BCUT2D eigenvalue weighted by atomic mass is 10.1. The van der Waals surface area contributed by atoms with Gasteiger partial charge < -0.3 is 9.64 Å². The molecule has 0 aliphatic carbocycles. The van der Waals surface area contributed by atoms with Crippen molar-refractivity contribution in [2.45, 2.75) is 39.0 Å². The topological polar surface area (TPSA) is 32.8 Å². The zero-order chi connectivity index (χ0) is 18.9. The molecule has 2 rings (SSSR count). The minimum atomic E-state index is -4.38. The molecule has 0 radical (unpaired) electrons. The molecular formula is C17H22ClF3N2O2. The Balaban J connectivity index is 2.03. The summed E-state index contributed by atoms with van der Waals surface area (Å²) in [5.41, 5.74) is 1.63. The average Bonchev–Trinajstić information content (AvgIpc) is 2.51. The summed E-state index contributed by atoms with van der Waals surface area (Å²) in [4.78, 5) is 14.8. The van der Waals surface area contributed by atoms with Crippen LogP contribution in [0.5, 0.6) is 5.75 Å². The van der Waals surface area contributed by atoms with Crippen LogP contribution in [0.2, 0.25) is 5.02 Å². The molecule has 0 aromatic heterocycles. The number of amides is 1. The van der Waals surface area contributed by atoms with Gasteiger partial charge in [-0.15, -0.1) is 0 Å². The van der Waals surface area contributed by atoms with Gasteiger partial charge >= 0.3 is 6.18 Å². The Hall–Kier alpha value is -1.47. The van der Waals surface area contributed by atoms with Crippen molar-refractivity contribution in [3.63, 3.8) is 0 Å². The average molecular weight is 379 g/mol. The van der Waals surface area contributed by atoms with Crippen molar-refractivity contribution in [3.8, 4) is 5.75 Å². The van der Waals surface area contributed by atoms with Crippen LogP contribution in [0.4, 0.5) is 13.2 Å². The second-order valence-electron chi connectivity index (χ2n) is 6.53. The van der Waals surface area contributed by atoms with E-state index in [4.69, 9.17) is 16.3 Å². The van der Waals surface area contributed by atoms with Crippen LogP contribution in [0.1, 0.15) is 18.1 Å². The Kier molecular flexibility index (Phi) is 5.89. The van der Waals surface area contributed by atoms with E-state index in [0.717, 1.165) is 11.1 Å². The van der Waals surface area contributed by atoms with Crippen LogP contribution in [0.25, 0.3) is 0 Å². The SMILES string of the molecule is Cc1cc(OCC(=O)N2CC(C)N(C)C(C(F)(F)F)C2)cc(C)c1Cl. The minimum absolute atomic E-state index is 0.240. The molecule has 1 aromatic carbocycles. The highest BCUT2D eigenvalue weighted by molar-refractivity contribution is 6.32. The summed E-state index contributed by atoms with van der Waals surface area (Å²) < 4.78 is 44.9. The monoisotopic (exact) mass is 378 g/mol. The summed E-state index contributed by atoms with van der Waals surface area (Å²) in [6.07, 6.45) is -4.38. The van der Waals surface area contributed by atoms with Gasteiger partial charge in [-0.3, -0.25) is 9.69 Å². The number of rotatable bonds is 3. The van der Waals surface area contributed by atoms with E-state index in [1.807, 2.05) is 13.8 Å². The number of hydrogen-bond donors (Lipinski definition) is 0. The lowest BCUT2D eigenvalue weighted by Gasteiger charge is -2.44. The fraction of sp³-hybridized carbons (Fsp3) is 0.588. The Bertz CT molecular complexity index is 628. The first kappa shape index (κ1) is 19.8. The number of hydrogen-bond acceptors (Lipinski definition) is 3. The van der Waals surface area contributed by atoms with Crippen molar-refractivity contribution in [2.75, 3.05) is 26.7 Å². The number of nitrogens with zero attached hydrogens (tertiary/aromatic N) is 2. The highest BCUT2D eigenvalue weighted by Gasteiger charge is 2.47. The maximum absolute atomic E-state index is 13.2. The number of aryl methyl sites for hydroxylation is 2. The Morgan fingerprint density at radius 3 is 2.36 bits per heavy atom. The highest BCUT2D eigenvalue weighted by atomic mass is 35.5. The lowest BCUT2D eigenvalue weighted by molar-refractivity contribution is -0.201. The Labute approximate surface area is 150 Å². The van der Waals surface area contributed by atoms with Crippen molar-refractivity contribution in [2.24, 2.45) is 0 Å². The van der Waals surface area contributed by atoms with Crippen LogP contribution >= 0.6 is 11.6 Å². The van der Waals surface area contributed by atoms with Crippen LogP contribution in [-0.4, -0.2) is 60.7 Å². The lowest BCUT2D eigenvalue weighted by Crippen LogP contribution is -2.62. The molecule has 0 bridgehead atoms. The molecule has 1 aliphatic rings. The number of carbonyl (C=O) groups excluding carboxylic acids is 1. The van der Waals surface area contributed by atoms with Crippen LogP contribution in [0, 0.1) is 13.8 Å². The maximum atomic E-state index is 13.2. The summed E-state index contributed by atoms with van der Waals surface area (Å²) >= 11 is 6.08. The first-order valence-electron chi connectivity index (χ1n) is 7.96. The molecule has 1 saturated heterocycles. The molecule has 1 aromatic rings. The molecule has 1 aliphatic heterocycles. The van der Waals surface area contributed by atoms with Crippen molar-refractivity contribution in [1.29, 1.82) is 0 Å². The molecule has 1 heterocycles. The van der Waals surface area contributed by atoms with Crippen molar-refractivity contribution < 1.29 is 22.7 Å². The highest BCUT2D eigenvalue weighted by Crippen LogP contribution is 2.29. The number of halogens is 4. The van der Waals surface area contributed by atoms with Gasteiger partial charge in [-0.05, 0) is 51.1 Å². The van der Waals surface area contributed by atoms with Crippen molar-refractivity contribution in [1.82, 2.24) is 9.80 Å². The van der Waals surface area contributed by atoms with E-state index in [2.05, 4.69) is 0 Å². The number of alkyl halides is 3. The van der Waals surface area contributed by atoms with Gasteiger partial charge in [0.15, 0.2) is 6.61 Å². The van der Waals surface area contributed by atoms with Crippen LogP contribution < -0.4 is 4.74 Å². The van der Waals surface area contributed by atoms with E-state index in [0.29, 0.717) is 10.8 Å². The zero-order valence-electron chi connectivity index (χ0n) is 14.7. The molecule has 2 unspecified atom stereocenters. The predicted molar refractivity (Wildman–Crippen MR) is 90.1 cm³/mol. The van der Waals surface area contributed by atoms with Gasteiger partial charge in [-0.1, -0.05) is 11.6 Å². The standard InChI is InChI=1S/C17H22ClF3N2O2/c1-10-5-13(6-11(2)16(10)18)25-9-15(24)23-7-12(3)22(4)14(8-23)17(19,20)21/h5-6,12,14H,7-9H2,1-4H3. The second-order valence-corrected chi connectivity index (χ2v) is 6.91. The molecule has 0 saturated carbocycles. The summed E-state index contributed by atoms with van der Waals surface area (Å²) in [5, 5.41) is 0.625. The predicted octanol–water partition coefficient (Wildman–Crippen LogP) is 3.43. The maximum Gasteiger partial charge on any atom is 0.405 e. The molecule has 0 N–H and O–H groups in total. The third kappa shape index (κ3) is 4.58. The summed E-state index contributed by atoms with van der Waals surface area (Å²) in [6.45, 7) is 4.86. The summed E-state index contributed by atoms with van der Waals surface area (Å²) in [6, 6.07) is 1.35. The quantitative estimate of drug-likeness (QED) is 0.808. The number of carbonyl (C=O) groups is 1. The van der Waals surface area contributed by atoms with E-state index >= 15 is 0 Å². The summed E-state index contributed by atoms with van der Waals surface area (Å²) in [7, 11) is 1.43. The zero-order valence-corrected chi connectivity index (χ0v) is 15.4. The molecule has 0 spiro atoms. The van der Waals surface area contributed by atoms with Gasteiger partial charge in [0.25, 0.3) is 5.91 Å². The number of likely N-dealkylation sites (N-methyl/N-ethyl adjacent to an activating group) is 1. The Morgan fingerprint density at radius 1 is 1.28 bits per heavy atom. The molecule has 140 valence electrons. The molecular weight excluding hydrogens is 357 g/mol. The van der Waals surface area contributed by atoms with E-state index in [9.17, 15) is 18.0 Å². The van der Waals surface area contributed by atoms with Crippen molar-refractivity contribution in [3.05, 3.63) is 28.3 Å². The first-order valence-corrected chi connectivity index (χ1v) is 8.34. The molecule has 25 heavy (non-hydrogen) atoms. The van der Waals surface area contributed by atoms with Crippen LogP contribution in [-0.2, 0) is 4.79 Å². The minimum Gasteiger partial charge on any atom is -0.484 e. The van der Waals surface area contributed by atoms with Crippen molar-refractivity contribution >= 4 is 17.5 Å². The normalized spacial score (nSPS) is 22.2. The van der Waals surface area contributed by atoms with Gasteiger partial charge in [0.1, 0.15) is 11.8 Å².